The predicted octanol–water partition coefficient (Wildman–Crippen LogP) is 4.58. The van der Waals surface area contributed by atoms with Crippen molar-refractivity contribution >= 4 is 23.4 Å². The topological polar surface area (TPSA) is 65.8 Å². The molecular weight excluding hydrogens is 382 g/mol. The van der Waals surface area contributed by atoms with Gasteiger partial charge in [-0.3, -0.25) is 4.79 Å². The number of carbonyl (C=O) groups is 1. The smallest absolute Gasteiger partial charge is 0.225 e. The minimum absolute atomic E-state index is 0.0640. The second-order valence-corrected chi connectivity index (χ2v) is 6.59. The van der Waals surface area contributed by atoms with Crippen LogP contribution in [0.3, 0.4) is 0 Å². The van der Waals surface area contributed by atoms with Gasteiger partial charge in [-0.15, -0.1) is 11.8 Å². The number of pyridine rings is 1. The standard InChI is InChI=1S/C18H15F4N3OS/c1-2-3-11-5-4-10(9-23)18(24-11)27-7-6-14(26)25-17-15(21)12(19)8-13(20)16(17)22/h4-5,8H,2-3,6-7H2,1H3,(H,25,26). The molecule has 27 heavy (non-hydrogen) atoms. The molecule has 9 heteroatoms. The molecule has 2 aromatic rings. The van der Waals surface area contributed by atoms with Crippen molar-refractivity contribution in [3.8, 4) is 6.07 Å². The first kappa shape index (κ1) is 20.7. The number of hydrogen-bond acceptors (Lipinski definition) is 4. The number of benzene rings is 1. The van der Waals surface area contributed by atoms with E-state index in [4.69, 9.17) is 5.26 Å². The summed E-state index contributed by atoms with van der Waals surface area (Å²) in [5, 5.41) is 11.4. The van der Waals surface area contributed by atoms with Crippen molar-refractivity contribution in [2.24, 2.45) is 0 Å². The summed E-state index contributed by atoms with van der Waals surface area (Å²) in [6.45, 7) is 1.99. The van der Waals surface area contributed by atoms with E-state index in [0.29, 0.717) is 10.6 Å². The van der Waals surface area contributed by atoms with Crippen LogP contribution in [0.25, 0.3) is 0 Å². The van der Waals surface area contributed by atoms with Crippen LogP contribution in [0.1, 0.15) is 31.0 Å². The Hall–Kier alpha value is -2.60. The number of nitrogens with one attached hydrogen (secondary N) is 1. The van der Waals surface area contributed by atoms with E-state index in [1.807, 2.05) is 18.3 Å². The molecule has 142 valence electrons. The van der Waals surface area contributed by atoms with E-state index in [9.17, 15) is 22.4 Å². The van der Waals surface area contributed by atoms with Crippen LogP contribution in [0.2, 0.25) is 0 Å². The number of hydrogen-bond donors (Lipinski definition) is 1. The summed E-state index contributed by atoms with van der Waals surface area (Å²) < 4.78 is 53.4. The van der Waals surface area contributed by atoms with Gasteiger partial charge in [-0.1, -0.05) is 13.3 Å². The average molecular weight is 397 g/mol. The lowest BCUT2D eigenvalue weighted by Gasteiger charge is -2.09. The third-order valence-electron chi connectivity index (χ3n) is 3.49. The van der Waals surface area contributed by atoms with Gasteiger partial charge < -0.3 is 5.32 Å². The second-order valence-electron chi connectivity index (χ2n) is 5.51. The van der Waals surface area contributed by atoms with Crippen LogP contribution in [0.5, 0.6) is 0 Å². The summed E-state index contributed by atoms with van der Waals surface area (Å²) in [5.74, 6) is -7.22. The van der Waals surface area contributed by atoms with Gasteiger partial charge in [0.05, 0.1) is 5.56 Å². The molecule has 2 rings (SSSR count). The summed E-state index contributed by atoms with van der Waals surface area (Å²) in [5.41, 5.74) is -0.00402. The van der Waals surface area contributed by atoms with Gasteiger partial charge in [-0.2, -0.15) is 5.26 Å². The summed E-state index contributed by atoms with van der Waals surface area (Å²) in [4.78, 5) is 16.2. The van der Waals surface area contributed by atoms with Crippen LogP contribution in [0.4, 0.5) is 23.2 Å². The minimum Gasteiger partial charge on any atom is -0.321 e. The van der Waals surface area contributed by atoms with E-state index < -0.39 is 34.9 Å². The Morgan fingerprint density at radius 2 is 1.89 bits per heavy atom. The maximum atomic E-state index is 13.6. The number of anilines is 1. The third-order valence-corrected chi connectivity index (χ3v) is 4.48. The molecule has 0 unspecified atom stereocenters. The van der Waals surface area contributed by atoms with Crippen molar-refractivity contribution in [1.29, 1.82) is 5.26 Å². The molecular formula is C18H15F4N3OS. The molecule has 0 aliphatic carbocycles. The monoisotopic (exact) mass is 397 g/mol. The molecule has 0 atom stereocenters. The molecule has 1 aromatic heterocycles. The van der Waals surface area contributed by atoms with Crippen LogP contribution in [-0.4, -0.2) is 16.6 Å². The van der Waals surface area contributed by atoms with E-state index >= 15 is 0 Å². The highest BCUT2D eigenvalue weighted by atomic mass is 32.2. The van der Waals surface area contributed by atoms with Gasteiger partial charge in [0, 0.05) is 23.9 Å². The van der Waals surface area contributed by atoms with Crippen molar-refractivity contribution in [1.82, 2.24) is 4.98 Å². The Kier molecular flexibility index (Phi) is 7.19. The molecule has 0 fully saturated rings. The molecule has 0 radical (unpaired) electrons. The highest BCUT2D eigenvalue weighted by molar-refractivity contribution is 7.99. The van der Waals surface area contributed by atoms with Gasteiger partial charge in [0.2, 0.25) is 5.91 Å². The molecule has 0 bridgehead atoms. The van der Waals surface area contributed by atoms with Crippen LogP contribution >= 0.6 is 11.8 Å². The Morgan fingerprint density at radius 3 is 2.48 bits per heavy atom. The molecule has 1 N–H and O–H groups in total. The van der Waals surface area contributed by atoms with E-state index in [1.165, 1.54) is 0 Å². The zero-order valence-electron chi connectivity index (χ0n) is 14.3. The predicted molar refractivity (Wildman–Crippen MR) is 93.2 cm³/mol. The maximum absolute atomic E-state index is 13.6. The number of nitrogens with zero attached hydrogens (tertiary/aromatic N) is 2. The lowest BCUT2D eigenvalue weighted by Crippen LogP contribution is -2.16. The van der Waals surface area contributed by atoms with E-state index in [1.54, 1.807) is 12.1 Å². The van der Waals surface area contributed by atoms with Crippen molar-refractivity contribution in [3.05, 3.63) is 52.7 Å². The second kappa shape index (κ2) is 9.37. The SMILES string of the molecule is CCCc1ccc(C#N)c(SCCC(=O)Nc2c(F)c(F)cc(F)c2F)n1. The number of aryl methyl sites for hydroxylation is 1. The number of amides is 1. The number of thioether (sulfide) groups is 1. The average Bonchev–Trinajstić information content (AvgIpc) is 2.64. The third kappa shape index (κ3) is 5.20. The quantitative estimate of drug-likeness (QED) is 0.422. The zero-order valence-corrected chi connectivity index (χ0v) is 15.1. The van der Waals surface area contributed by atoms with Crippen molar-refractivity contribution in [2.75, 3.05) is 11.1 Å². The fourth-order valence-electron chi connectivity index (χ4n) is 2.19. The van der Waals surface area contributed by atoms with Gasteiger partial charge in [-0.25, -0.2) is 22.5 Å². The maximum Gasteiger partial charge on any atom is 0.225 e. The number of aromatic nitrogens is 1. The van der Waals surface area contributed by atoms with E-state index in [2.05, 4.69) is 4.98 Å². The number of halogens is 4. The lowest BCUT2D eigenvalue weighted by atomic mass is 10.2. The number of nitriles is 1. The molecule has 0 aliphatic rings. The van der Waals surface area contributed by atoms with Crippen LogP contribution in [-0.2, 0) is 11.2 Å². The van der Waals surface area contributed by atoms with E-state index in [0.717, 1.165) is 30.3 Å². The fraction of sp³-hybridized carbons (Fsp3) is 0.278. The highest BCUT2D eigenvalue weighted by Gasteiger charge is 2.20. The fourth-order valence-corrected chi connectivity index (χ4v) is 3.13. The largest absolute Gasteiger partial charge is 0.321 e. The van der Waals surface area contributed by atoms with Gasteiger partial charge in [0.15, 0.2) is 23.3 Å². The molecule has 0 spiro atoms. The van der Waals surface area contributed by atoms with Gasteiger partial charge in [-0.05, 0) is 18.6 Å². The number of rotatable bonds is 7. The molecule has 0 saturated heterocycles. The lowest BCUT2D eigenvalue weighted by molar-refractivity contribution is -0.115. The molecule has 4 nitrogen and oxygen atoms in total. The van der Waals surface area contributed by atoms with Gasteiger partial charge in [0.25, 0.3) is 0 Å². The molecule has 0 saturated carbocycles. The molecule has 1 aromatic carbocycles. The molecule has 0 aliphatic heterocycles. The van der Waals surface area contributed by atoms with Crippen molar-refractivity contribution in [2.45, 2.75) is 31.2 Å². The summed E-state index contributed by atoms with van der Waals surface area (Å²) in [6, 6.07) is 5.46. The Bertz CT molecular complexity index is 873. The summed E-state index contributed by atoms with van der Waals surface area (Å²) >= 11 is 1.14. The first-order chi connectivity index (χ1) is 12.9. The summed E-state index contributed by atoms with van der Waals surface area (Å²) in [6.07, 6.45) is 1.42. The van der Waals surface area contributed by atoms with Gasteiger partial charge in [0.1, 0.15) is 16.8 Å². The highest BCUT2D eigenvalue weighted by Crippen LogP contribution is 2.25. The van der Waals surface area contributed by atoms with Crippen LogP contribution < -0.4 is 5.32 Å². The first-order valence-corrected chi connectivity index (χ1v) is 9.01. The van der Waals surface area contributed by atoms with Gasteiger partial charge >= 0.3 is 0 Å². The van der Waals surface area contributed by atoms with Crippen molar-refractivity contribution in [3.63, 3.8) is 0 Å². The Morgan fingerprint density at radius 1 is 1.22 bits per heavy atom. The number of carbonyl (C=O) groups excluding carboxylic acids is 1. The zero-order chi connectivity index (χ0) is 20.0. The van der Waals surface area contributed by atoms with E-state index in [-0.39, 0.29) is 18.2 Å². The minimum atomic E-state index is -1.67. The van der Waals surface area contributed by atoms with Crippen LogP contribution in [0, 0.1) is 34.6 Å². The normalized spacial score (nSPS) is 10.5. The Balaban J connectivity index is 2.02. The first-order valence-electron chi connectivity index (χ1n) is 8.03. The molecule has 1 amide bonds. The van der Waals surface area contributed by atoms with Crippen molar-refractivity contribution < 1.29 is 22.4 Å². The van der Waals surface area contributed by atoms with Crippen LogP contribution in [0.15, 0.2) is 23.2 Å². The Labute approximate surface area is 157 Å². The summed E-state index contributed by atoms with van der Waals surface area (Å²) in [7, 11) is 0. The molecule has 1 heterocycles.